The second-order valence-corrected chi connectivity index (χ2v) is 8.25. The predicted octanol–water partition coefficient (Wildman–Crippen LogP) is 5.03. The molecule has 4 amide bonds. The normalized spacial score (nSPS) is 15.5. The minimum atomic E-state index is -0.762. The number of aryl methyl sites for hydroxylation is 3. The maximum Gasteiger partial charge on any atom is 0.335 e. The van der Waals surface area contributed by atoms with E-state index >= 15 is 0 Å². The van der Waals surface area contributed by atoms with E-state index in [0.29, 0.717) is 16.3 Å². The Morgan fingerprint density at radius 2 is 1.62 bits per heavy atom. The lowest BCUT2D eigenvalue weighted by molar-refractivity contribution is -0.122. The van der Waals surface area contributed by atoms with E-state index in [0.717, 1.165) is 33.1 Å². The van der Waals surface area contributed by atoms with E-state index in [-0.39, 0.29) is 5.57 Å². The van der Waals surface area contributed by atoms with Crippen molar-refractivity contribution in [1.29, 1.82) is 0 Å². The molecule has 0 atom stereocenters. The third kappa shape index (κ3) is 3.63. The summed E-state index contributed by atoms with van der Waals surface area (Å²) in [6.45, 7) is 7.66. The molecule has 1 N–H and O–H groups in total. The van der Waals surface area contributed by atoms with E-state index in [2.05, 4.69) is 5.32 Å². The van der Waals surface area contributed by atoms with Gasteiger partial charge in [0.2, 0.25) is 0 Å². The van der Waals surface area contributed by atoms with Crippen molar-refractivity contribution in [3.63, 3.8) is 0 Å². The van der Waals surface area contributed by atoms with Gasteiger partial charge in [-0.2, -0.15) is 0 Å². The average molecular weight is 448 g/mol. The highest BCUT2D eigenvalue weighted by molar-refractivity contribution is 6.39. The lowest BCUT2D eigenvalue weighted by atomic mass is 10.1. The molecule has 1 aliphatic rings. The summed E-state index contributed by atoms with van der Waals surface area (Å²) < 4.78 is 1.96. The van der Waals surface area contributed by atoms with Crippen molar-refractivity contribution in [3.8, 4) is 5.69 Å². The van der Waals surface area contributed by atoms with Gasteiger partial charge in [0.1, 0.15) is 5.57 Å². The fourth-order valence-corrected chi connectivity index (χ4v) is 4.07. The van der Waals surface area contributed by atoms with Gasteiger partial charge in [-0.15, -0.1) is 0 Å². The first-order chi connectivity index (χ1) is 15.2. The van der Waals surface area contributed by atoms with Gasteiger partial charge in [0.25, 0.3) is 11.8 Å². The van der Waals surface area contributed by atoms with Crippen molar-refractivity contribution in [2.75, 3.05) is 4.90 Å². The number of amides is 4. The molecule has 6 nitrogen and oxygen atoms in total. The smallest absolute Gasteiger partial charge is 0.316 e. The number of imide groups is 2. The quantitative estimate of drug-likeness (QED) is 0.452. The number of aromatic nitrogens is 1. The van der Waals surface area contributed by atoms with Crippen LogP contribution in [0.1, 0.15) is 28.1 Å². The number of nitrogens with zero attached hydrogens (tertiary/aromatic N) is 2. The zero-order chi connectivity index (χ0) is 23.2. The van der Waals surface area contributed by atoms with Crippen LogP contribution in [0, 0.1) is 27.7 Å². The van der Waals surface area contributed by atoms with E-state index in [1.807, 2.05) is 62.6 Å². The molecule has 1 aromatic heterocycles. The van der Waals surface area contributed by atoms with Crippen LogP contribution in [0.5, 0.6) is 0 Å². The summed E-state index contributed by atoms with van der Waals surface area (Å²) in [5.41, 5.74) is 5.49. The molecular weight excluding hydrogens is 426 g/mol. The van der Waals surface area contributed by atoms with Gasteiger partial charge in [-0.25, -0.2) is 9.69 Å². The van der Waals surface area contributed by atoms with Crippen LogP contribution < -0.4 is 10.2 Å². The van der Waals surface area contributed by atoms with E-state index in [9.17, 15) is 14.4 Å². The molecule has 1 saturated heterocycles. The molecule has 0 aliphatic carbocycles. The third-order valence-corrected chi connectivity index (χ3v) is 6.03. The zero-order valence-electron chi connectivity index (χ0n) is 18.2. The minimum Gasteiger partial charge on any atom is -0.316 e. The molecule has 162 valence electrons. The van der Waals surface area contributed by atoms with Crippen LogP contribution in [0.15, 0.2) is 54.1 Å². The molecule has 1 aliphatic heterocycles. The fourth-order valence-electron chi connectivity index (χ4n) is 3.85. The van der Waals surface area contributed by atoms with Crippen LogP contribution in [-0.4, -0.2) is 22.4 Å². The molecule has 3 aromatic rings. The van der Waals surface area contributed by atoms with Crippen molar-refractivity contribution in [2.45, 2.75) is 27.7 Å². The molecule has 0 spiro atoms. The molecular formula is C25H22ClN3O3. The van der Waals surface area contributed by atoms with Crippen LogP contribution in [-0.2, 0) is 9.59 Å². The van der Waals surface area contributed by atoms with Gasteiger partial charge in [-0.1, -0.05) is 29.8 Å². The van der Waals surface area contributed by atoms with Crippen LogP contribution in [0.3, 0.4) is 0 Å². The second kappa shape index (κ2) is 8.13. The Hall–Kier alpha value is -3.64. The number of rotatable bonds is 3. The lowest BCUT2D eigenvalue weighted by Gasteiger charge is -2.26. The Kier molecular flexibility index (Phi) is 5.48. The standard InChI is InChI=1S/C25H22ClN3O3/c1-14-9-10-19(11-15(14)2)29-24(31)20(23(30)27-25(29)32)13-18-12-16(3)28(17(18)4)22-8-6-5-7-21(22)26/h5-13H,1-4H3,(H,27,30,32)/b20-13+. The summed E-state index contributed by atoms with van der Waals surface area (Å²) in [5, 5.41) is 2.86. The lowest BCUT2D eigenvalue weighted by Crippen LogP contribution is -2.54. The Balaban J connectivity index is 1.78. The van der Waals surface area contributed by atoms with Gasteiger partial charge in [-0.05, 0) is 80.8 Å². The number of anilines is 1. The minimum absolute atomic E-state index is 0.109. The first-order valence-electron chi connectivity index (χ1n) is 10.1. The number of barbiturate groups is 1. The number of benzene rings is 2. The van der Waals surface area contributed by atoms with E-state index in [4.69, 9.17) is 11.6 Å². The average Bonchev–Trinajstić information content (AvgIpc) is 3.01. The van der Waals surface area contributed by atoms with E-state index < -0.39 is 17.8 Å². The van der Waals surface area contributed by atoms with Crippen LogP contribution >= 0.6 is 11.6 Å². The second-order valence-electron chi connectivity index (χ2n) is 7.84. The van der Waals surface area contributed by atoms with Crippen molar-refractivity contribution in [1.82, 2.24) is 9.88 Å². The predicted molar refractivity (Wildman–Crippen MR) is 125 cm³/mol. The Morgan fingerprint density at radius 1 is 0.906 bits per heavy atom. The highest BCUT2D eigenvalue weighted by atomic mass is 35.5. The Labute approximate surface area is 191 Å². The fraction of sp³-hybridized carbons (Fsp3) is 0.160. The molecule has 4 rings (SSSR count). The molecule has 0 bridgehead atoms. The first kappa shape index (κ1) is 21.6. The van der Waals surface area contributed by atoms with E-state index in [1.54, 1.807) is 18.2 Å². The van der Waals surface area contributed by atoms with Crippen molar-refractivity contribution in [3.05, 3.63) is 87.2 Å². The molecule has 0 radical (unpaired) electrons. The summed E-state index contributed by atoms with van der Waals surface area (Å²) >= 11 is 6.38. The number of urea groups is 1. The number of nitrogens with one attached hydrogen (secondary N) is 1. The van der Waals surface area contributed by atoms with Gasteiger partial charge in [0, 0.05) is 11.4 Å². The zero-order valence-corrected chi connectivity index (χ0v) is 18.9. The van der Waals surface area contributed by atoms with Gasteiger partial charge < -0.3 is 4.57 Å². The molecule has 0 saturated carbocycles. The monoisotopic (exact) mass is 447 g/mol. The summed E-state index contributed by atoms with van der Waals surface area (Å²) in [7, 11) is 0. The summed E-state index contributed by atoms with van der Waals surface area (Å²) in [6, 6.07) is 13.8. The maximum atomic E-state index is 13.2. The molecule has 0 unspecified atom stereocenters. The van der Waals surface area contributed by atoms with Gasteiger partial charge in [-0.3, -0.25) is 14.9 Å². The number of para-hydroxylation sites is 1. The van der Waals surface area contributed by atoms with Crippen molar-refractivity contribution >= 4 is 41.2 Å². The van der Waals surface area contributed by atoms with Crippen molar-refractivity contribution < 1.29 is 14.4 Å². The summed E-state index contributed by atoms with van der Waals surface area (Å²) in [6.07, 6.45) is 1.52. The Bertz CT molecular complexity index is 1320. The number of carbonyl (C=O) groups excluding carboxylic acids is 3. The van der Waals surface area contributed by atoms with Crippen molar-refractivity contribution in [2.24, 2.45) is 0 Å². The van der Waals surface area contributed by atoms with Crippen LogP contribution in [0.25, 0.3) is 11.8 Å². The maximum absolute atomic E-state index is 13.2. The molecule has 32 heavy (non-hydrogen) atoms. The SMILES string of the molecule is Cc1ccc(N2C(=O)NC(=O)/C(=C\c3cc(C)n(-c4ccccc4Cl)c3C)C2=O)cc1C. The Morgan fingerprint density at radius 3 is 2.31 bits per heavy atom. The first-order valence-corrected chi connectivity index (χ1v) is 10.5. The molecule has 7 heteroatoms. The van der Waals surface area contributed by atoms with Crippen LogP contribution in [0.2, 0.25) is 5.02 Å². The topological polar surface area (TPSA) is 71.4 Å². The van der Waals surface area contributed by atoms with Gasteiger partial charge in [0.05, 0.1) is 16.4 Å². The number of hydrogen-bond donors (Lipinski definition) is 1. The summed E-state index contributed by atoms with van der Waals surface area (Å²) in [5.74, 6) is -1.38. The number of hydrogen-bond acceptors (Lipinski definition) is 3. The van der Waals surface area contributed by atoms with Crippen LogP contribution in [0.4, 0.5) is 10.5 Å². The molecule has 1 fully saturated rings. The van der Waals surface area contributed by atoms with E-state index in [1.165, 1.54) is 6.08 Å². The van der Waals surface area contributed by atoms with Gasteiger partial charge in [0.15, 0.2) is 0 Å². The number of carbonyl (C=O) groups is 3. The molecule has 2 heterocycles. The molecule has 2 aromatic carbocycles. The summed E-state index contributed by atoms with van der Waals surface area (Å²) in [4.78, 5) is 39.3. The largest absolute Gasteiger partial charge is 0.335 e. The van der Waals surface area contributed by atoms with Gasteiger partial charge >= 0.3 is 6.03 Å². The highest BCUT2D eigenvalue weighted by Gasteiger charge is 2.37. The highest BCUT2D eigenvalue weighted by Crippen LogP contribution is 2.29. The third-order valence-electron chi connectivity index (χ3n) is 5.71. The number of halogens is 1.